The van der Waals surface area contributed by atoms with Gasteiger partial charge in [-0.25, -0.2) is 4.39 Å². The number of aliphatic hydroxyl groups excluding tert-OH is 1. The van der Waals surface area contributed by atoms with Gasteiger partial charge in [0.15, 0.2) is 0 Å². The highest BCUT2D eigenvalue weighted by Crippen LogP contribution is 2.32. The normalized spacial score (nSPS) is 22.2. The van der Waals surface area contributed by atoms with Gasteiger partial charge in [0.25, 0.3) is 0 Å². The van der Waals surface area contributed by atoms with Crippen molar-refractivity contribution < 1.29 is 19.0 Å². The molecule has 1 aromatic rings. The molecule has 0 radical (unpaired) electrons. The first-order valence-electron chi connectivity index (χ1n) is 8.55. The van der Waals surface area contributed by atoms with Gasteiger partial charge in [-0.3, -0.25) is 0 Å². The predicted octanol–water partition coefficient (Wildman–Crippen LogP) is 2.44. The summed E-state index contributed by atoms with van der Waals surface area (Å²) in [5.41, 5.74) is 2.85. The molecule has 2 aliphatic rings. The summed E-state index contributed by atoms with van der Waals surface area (Å²) in [6, 6.07) is 3.35. The zero-order chi connectivity index (χ0) is 16.2. The summed E-state index contributed by atoms with van der Waals surface area (Å²) in [6.45, 7) is 4.79. The number of rotatable bonds is 6. The Kier molecular flexibility index (Phi) is 5.51. The molecule has 0 saturated carbocycles. The summed E-state index contributed by atoms with van der Waals surface area (Å²) < 4.78 is 25.3. The first-order chi connectivity index (χ1) is 11.1. The molecule has 3 rings (SSSR count). The second-order valence-electron chi connectivity index (χ2n) is 6.57. The summed E-state index contributed by atoms with van der Waals surface area (Å²) >= 11 is 0. The molecule has 128 valence electrons. The molecule has 2 atom stereocenters. The van der Waals surface area contributed by atoms with Gasteiger partial charge in [-0.2, -0.15) is 0 Å². The van der Waals surface area contributed by atoms with Crippen LogP contribution in [0.2, 0.25) is 0 Å². The van der Waals surface area contributed by atoms with Crippen LogP contribution in [-0.4, -0.2) is 50.2 Å². The molecule has 4 nitrogen and oxygen atoms in total. The maximum absolute atomic E-state index is 14.2. The lowest BCUT2D eigenvalue weighted by Crippen LogP contribution is -2.39. The molecule has 1 saturated heterocycles. The van der Waals surface area contributed by atoms with Crippen molar-refractivity contribution in [3.05, 3.63) is 29.1 Å². The number of nitrogens with zero attached hydrogens (tertiary/aromatic N) is 1. The topological polar surface area (TPSA) is 41.9 Å². The van der Waals surface area contributed by atoms with E-state index in [9.17, 15) is 9.50 Å². The summed E-state index contributed by atoms with van der Waals surface area (Å²) in [4.78, 5) is 1.96. The van der Waals surface area contributed by atoms with Crippen LogP contribution in [0.15, 0.2) is 12.1 Å². The number of benzene rings is 1. The Morgan fingerprint density at radius 3 is 3.09 bits per heavy atom. The molecule has 2 heterocycles. The standard InChI is InChI=1S/C18H26FNO3/c1-13-6-7-17(19)18-16(13)5-2-8-20(18)10-14(21)11-22-12-15-4-3-9-23-15/h6-7,14-15,21H,2-5,8-12H2,1H3. The minimum absolute atomic E-state index is 0.165. The van der Waals surface area contributed by atoms with Crippen LogP contribution in [0.1, 0.15) is 30.4 Å². The van der Waals surface area contributed by atoms with Crippen molar-refractivity contribution in [3.63, 3.8) is 0 Å². The van der Waals surface area contributed by atoms with Gasteiger partial charge in [0.1, 0.15) is 5.82 Å². The number of halogens is 1. The zero-order valence-electron chi connectivity index (χ0n) is 13.8. The molecule has 1 aromatic carbocycles. The first kappa shape index (κ1) is 16.7. The molecule has 2 unspecified atom stereocenters. The molecular weight excluding hydrogens is 297 g/mol. The SMILES string of the molecule is Cc1ccc(F)c2c1CCCN2CC(O)COCC1CCCO1. The average Bonchev–Trinajstić information content (AvgIpc) is 3.04. The number of aryl methyl sites for hydroxylation is 1. The zero-order valence-corrected chi connectivity index (χ0v) is 13.8. The third-order valence-corrected chi connectivity index (χ3v) is 4.71. The Balaban J connectivity index is 1.55. The second kappa shape index (κ2) is 7.60. The molecule has 0 spiro atoms. The van der Waals surface area contributed by atoms with Crippen LogP contribution in [0.4, 0.5) is 10.1 Å². The third-order valence-electron chi connectivity index (χ3n) is 4.71. The first-order valence-corrected chi connectivity index (χ1v) is 8.55. The van der Waals surface area contributed by atoms with E-state index < -0.39 is 6.10 Å². The van der Waals surface area contributed by atoms with Crippen LogP contribution in [0.5, 0.6) is 0 Å². The van der Waals surface area contributed by atoms with Crippen LogP contribution in [0.3, 0.4) is 0 Å². The fraction of sp³-hybridized carbons (Fsp3) is 0.667. The molecule has 0 aliphatic carbocycles. The van der Waals surface area contributed by atoms with Crippen LogP contribution >= 0.6 is 0 Å². The molecule has 1 N–H and O–H groups in total. The Morgan fingerprint density at radius 2 is 2.30 bits per heavy atom. The number of anilines is 1. The van der Waals surface area contributed by atoms with E-state index in [4.69, 9.17) is 9.47 Å². The second-order valence-corrected chi connectivity index (χ2v) is 6.57. The van der Waals surface area contributed by atoms with Crippen molar-refractivity contribution >= 4 is 5.69 Å². The maximum atomic E-state index is 14.2. The summed E-state index contributed by atoms with van der Waals surface area (Å²) in [6.07, 6.45) is 3.54. The van der Waals surface area contributed by atoms with Crippen LogP contribution in [0.25, 0.3) is 0 Å². The maximum Gasteiger partial charge on any atom is 0.146 e. The Hall–Kier alpha value is -1.17. The van der Waals surface area contributed by atoms with E-state index >= 15 is 0 Å². The largest absolute Gasteiger partial charge is 0.389 e. The Bertz CT molecular complexity index is 531. The van der Waals surface area contributed by atoms with Crippen molar-refractivity contribution in [3.8, 4) is 0 Å². The molecule has 5 heteroatoms. The highest BCUT2D eigenvalue weighted by molar-refractivity contribution is 5.59. The monoisotopic (exact) mass is 323 g/mol. The van der Waals surface area contributed by atoms with Gasteiger partial charge in [0.2, 0.25) is 0 Å². The molecule has 0 aromatic heterocycles. The summed E-state index contributed by atoms with van der Waals surface area (Å²) in [5, 5.41) is 10.2. The van der Waals surface area contributed by atoms with Crippen molar-refractivity contribution in [2.24, 2.45) is 0 Å². The number of aliphatic hydroxyl groups is 1. The van der Waals surface area contributed by atoms with Crippen molar-refractivity contribution in [1.29, 1.82) is 0 Å². The third kappa shape index (κ3) is 4.03. The van der Waals surface area contributed by atoms with Crippen molar-refractivity contribution in [1.82, 2.24) is 0 Å². The van der Waals surface area contributed by atoms with Gasteiger partial charge in [0, 0.05) is 19.7 Å². The highest BCUT2D eigenvalue weighted by Gasteiger charge is 2.24. The van der Waals surface area contributed by atoms with E-state index in [0.29, 0.717) is 18.8 Å². The van der Waals surface area contributed by atoms with E-state index in [-0.39, 0.29) is 18.5 Å². The molecule has 0 bridgehead atoms. The minimum atomic E-state index is -0.623. The van der Waals surface area contributed by atoms with Crippen molar-refractivity contribution in [2.75, 3.05) is 37.8 Å². The molecule has 23 heavy (non-hydrogen) atoms. The highest BCUT2D eigenvalue weighted by atomic mass is 19.1. The van der Waals surface area contributed by atoms with Crippen molar-refractivity contribution in [2.45, 2.75) is 44.8 Å². The van der Waals surface area contributed by atoms with Gasteiger partial charge in [-0.15, -0.1) is 0 Å². The van der Waals surface area contributed by atoms with Gasteiger partial charge >= 0.3 is 0 Å². The van der Waals surface area contributed by atoms with Gasteiger partial charge in [-0.05, 0) is 49.8 Å². The minimum Gasteiger partial charge on any atom is -0.389 e. The van der Waals surface area contributed by atoms with E-state index in [2.05, 4.69) is 0 Å². The lowest BCUT2D eigenvalue weighted by molar-refractivity contribution is -0.0150. The fourth-order valence-electron chi connectivity index (χ4n) is 3.53. The molecule has 1 fully saturated rings. The number of fused-ring (bicyclic) bond motifs is 1. The quantitative estimate of drug-likeness (QED) is 0.873. The summed E-state index contributed by atoms with van der Waals surface area (Å²) in [7, 11) is 0. The lowest BCUT2D eigenvalue weighted by Gasteiger charge is -2.34. The van der Waals surface area contributed by atoms with Crippen LogP contribution in [0, 0.1) is 12.7 Å². The smallest absolute Gasteiger partial charge is 0.146 e. The van der Waals surface area contributed by atoms with Gasteiger partial charge in [0.05, 0.1) is 31.1 Å². The fourth-order valence-corrected chi connectivity index (χ4v) is 3.53. The van der Waals surface area contributed by atoms with E-state index in [1.54, 1.807) is 0 Å². The van der Waals surface area contributed by atoms with Crippen LogP contribution < -0.4 is 4.90 Å². The number of hydrogen-bond acceptors (Lipinski definition) is 4. The van der Waals surface area contributed by atoms with E-state index in [1.807, 2.05) is 17.9 Å². The molecule has 2 aliphatic heterocycles. The average molecular weight is 323 g/mol. The van der Waals surface area contributed by atoms with Gasteiger partial charge in [-0.1, -0.05) is 6.07 Å². The number of ether oxygens (including phenoxy) is 2. The molecular formula is C18H26FNO3. The Morgan fingerprint density at radius 1 is 1.43 bits per heavy atom. The summed E-state index contributed by atoms with van der Waals surface area (Å²) in [5.74, 6) is -0.197. The lowest BCUT2D eigenvalue weighted by atomic mass is 9.96. The molecule has 0 amide bonds. The van der Waals surface area contributed by atoms with Gasteiger partial charge < -0.3 is 19.5 Å². The Labute approximate surface area is 137 Å². The number of β-amino-alcohol motifs (C(OH)–C–C–N with tert-alkyl or cyclic N) is 1. The van der Waals surface area contributed by atoms with E-state index in [0.717, 1.165) is 50.0 Å². The number of hydrogen-bond donors (Lipinski definition) is 1. The predicted molar refractivity (Wildman–Crippen MR) is 87.5 cm³/mol. The van der Waals surface area contributed by atoms with Crippen LogP contribution in [-0.2, 0) is 15.9 Å². The van der Waals surface area contributed by atoms with E-state index in [1.165, 1.54) is 6.07 Å².